The van der Waals surface area contributed by atoms with Crippen LogP contribution in [0.15, 0.2) is 51.9 Å². The van der Waals surface area contributed by atoms with Crippen LogP contribution < -0.4 is 15.6 Å². The number of amides is 1. The summed E-state index contributed by atoms with van der Waals surface area (Å²) in [5, 5.41) is 2.66. The van der Waals surface area contributed by atoms with Crippen LogP contribution >= 0.6 is 27.3 Å². The number of fused-ring (bicyclic) bond motifs is 3. The number of thiophene rings is 1. The monoisotopic (exact) mass is 402 g/mol. The first-order valence-electron chi connectivity index (χ1n) is 7.16. The second-order valence-electron chi connectivity index (χ2n) is 5.26. The number of benzene rings is 1. The molecule has 3 heterocycles. The molecule has 24 heavy (non-hydrogen) atoms. The number of rotatable bonds is 2. The molecule has 2 aromatic heterocycles. The third-order valence-electron chi connectivity index (χ3n) is 3.66. The molecule has 0 bridgehead atoms. The van der Waals surface area contributed by atoms with E-state index in [-0.39, 0.29) is 17.2 Å². The number of hydrogen-bond acceptors (Lipinski definition) is 4. The smallest absolute Gasteiger partial charge is 0.271 e. The highest BCUT2D eigenvalue weighted by molar-refractivity contribution is 9.10. The van der Waals surface area contributed by atoms with Gasteiger partial charge in [0.2, 0.25) is 0 Å². The van der Waals surface area contributed by atoms with Crippen molar-refractivity contribution in [1.29, 1.82) is 0 Å². The number of nitrogens with one attached hydrogen (secondary N) is 2. The molecule has 0 spiro atoms. The minimum Gasteiger partial charge on any atom is -0.488 e. The fourth-order valence-corrected chi connectivity index (χ4v) is 3.98. The van der Waals surface area contributed by atoms with Crippen LogP contribution in [0.1, 0.15) is 15.2 Å². The van der Waals surface area contributed by atoms with Gasteiger partial charge in [0.25, 0.3) is 11.5 Å². The topological polar surface area (TPSA) is 71.2 Å². The van der Waals surface area contributed by atoms with Crippen molar-refractivity contribution < 1.29 is 9.53 Å². The molecule has 120 valence electrons. The van der Waals surface area contributed by atoms with Crippen LogP contribution in [0.5, 0.6) is 5.75 Å². The SMILES string of the molecule is O=C(Nc1cc(Br)c[nH]c1=O)c1cc2c(s1)-c1ccccc1OC2. The molecule has 1 aliphatic rings. The molecule has 2 N–H and O–H groups in total. The van der Waals surface area contributed by atoms with E-state index in [9.17, 15) is 9.59 Å². The summed E-state index contributed by atoms with van der Waals surface area (Å²) in [6.45, 7) is 0.438. The molecule has 0 aliphatic carbocycles. The van der Waals surface area contributed by atoms with Crippen LogP contribution in [0, 0.1) is 0 Å². The molecule has 0 unspecified atom stereocenters. The van der Waals surface area contributed by atoms with E-state index >= 15 is 0 Å². The van der Waals surface area contributed by atoms with Crippen molar-refractivity contribution in [2.24, 2.45) is 0 Å². The fraction of sp³-hybridized carbons (Fsp3) is 0.0588. The van der Waals surface area contributed by atoms with Gasteiger partial charge < -0.3 is 15.0 Å². The van der Waals surface area contributed by atoms with Gasteiger partial charge in [-0.05, 0) is 40.2 Å². The van der Waals surface area contributed by atoms with Gasteiger partial charge in [0, 0.05) is 26.7 Å². The normalized spacial score (nSPS) is 12.0. The summed E-state index contributed by atoms with van der Waals surface area (Å²) < 4.78 is 6.40. The van der Waals surface area contributed by atoms with Gasteiger partial charge in [0.1, 0.15) is 18.0 Å². The Morgan fingerprint density at radius 1 is 1.29 bits per heavy atom. The van der Waals surface area contributed by atoms with Gasteiger partial charge in [-0.25, -0.2) is 0 Å². The highest BCUT2D eigenvalue weighted by Crippen LogP contribution is 2.42. The molecule has 1 aromatic carbocycles. The van der Waals surface area contributed by atoms with Crippen molar-refractivity contribution >= 4 is 38.9 Å². The molecule has 0 radical (unpaired) electrons. The zero-order valence-electron chi connectivity index (χ0n) is 12.3. The number of carbonyl (C=O) groups excluding carboxylic acids is 1. The lowest BCUT2D eigenvalue weighted by atomic mass is 10.1. The van der Waals surface area contributed by atoms with E-state index in [4.69, 9.17) is 4.74 Å². The molecule has 3 aromatic rings. The summed E-state index contributed by atoms with van der Waals surface area (Å²) >= 11 is 4.67. The lowest BCUT2D eigenvalue weighted by Crippen LogP contribution is -2.18. The second-order valence-corrected chi connectivity index (χ2v) is 7.23. The summed E-state index contributed by atoms with van der Waals surface area (Å²) in [5.74, 6) is 0.512. The van der Waals surface area contributed by atoms with E-state index in [1.54, 1.807) is 6.07 Å². The number of hydrogen-bond donors (Lipinski definition) is 2. The van der Waals surface area contributed by atoms with E-state index in [0.29, 0.717) is 16.0 Å². The van der Waals surface area contributed by atoms with E-state index < -0.39 is 0 Å². The van der Waals surface area contributed by atoms with Gasteiger partial charge in [0.15, 0.2) is 0 Å². The molecule has 0 atom stereocenters. The Bertz CT molecular complexity index is 1010. The average molecular weight is 403 g/mol. The van der Waals surface area contributed by atoms with Crippen molar-refractivity contribution in [3.05, 3.63) is 67.9 Å². The maximum atomic E-state index is 12.5. The third-order valence-corrected chi connectivity index (χ3v) is 5.33. The van der Waals surface area contributed by atoms with Crippen molar-refractivity contribution in [2.75, 3.05) is 5.32 Å². The fourth-order valence-electron chi connectivity index (χ4n) is 2.55. The largest absolute Gasteiger partial charge is 0.488 e. The first-order chi connectivity index (χ1) is 11.6. The lowest BCUT2D eigenvalue weighted by Gasteiger charge is -2.16. The number of carbonyl (C=O) groups is 1. The number of anilines is 1. The van der Waals surface area contributed by atoms with Crippen LogP contribution in [0.3, 0.4) is 0 Å². The van der Waals surface area contributed by atoms with Crippen LogP contribution in [0.2, 0.25) is 0 Å². The van der Waals surface area contributed by atoms with Crippen LogP contribution in [0.25, 0.3) is 10.4 Å². The number of aromatic nitrogens is 1. The summed E-state index contributed by atoms with van der Waals surface area (Å²) in [7, 11) is 0. The zero-order chi connectivity index (χ0) is 16.7. The minimum atomic E-state index is -0.346. The first-order valence-corrected chi connectivity index (χ1v) is 8.77. The Labute approximate surface area is 149 Å². The standard InChI is InChI=1S/C17H11BrN2O3S/c18-10-6-12(16(21)19-7-10)20-17(22)14-5-9-8-23-13-4-2-1-3-11(13)15(9)24-14/h1-7H,8H2,(H,19,21)(H,20,22). The molecule has 7 heteroatoms. The summed E-state index contributed by atoms with van der Waals surface area (Å²) in [6.07, 6.45) is 1.52. The van der Waals surface area contributed by atoms with E-state index in [1.807, 2.05) is 30.3 Å². The number of halogens is 1. The molecule has 4 rings (SSSR count). The Balaban J connectivity index is 1.67. The van der Waals surface area contributed by atoms with Crippen molar-refractivity contribution in [1.82, 2.24) is 4.98 Å². The van der Waals surface area contributed by atoms with Gasteiger partial charge in [-0.3, -0.25) is 9.59 Å². The van der Waals surface area contributed by atoms with Crippen LogP contribution in [-0.2, 0) is 6.61 Å². The molecule has 5 nitrogen and oxygen atoms in total. The first kappa shape index (κ1) is 15.2. The van der Waals surface area contributed by atoms with Gasteiger partial charge in [-0.2, -0.15) is 0 Å². The summed E-state index contributed by atoms with van der Waals surface area (Å²) in [6, 6.07) is 11.1. The van der Waals surface area contributed by atoms with Crippen molar-refractivity contribution in [2.45, 2.75) is 6.61 Å². The predicted molar refractivity (Wildman–Crippen MR) is 96.8 cm³/mol. The number of aromatic amines is 1. The van der Waals surface area contributed by atoms with E-state index in [2.05, 4.69) is 26.2 Å². The quantitative estimate of drug-likeness (QED) is 0.679. The maximum Gasteiger partial charge on any atom is 0.271 e. The highest BCUT2D eigenvalue weighted by Gasteiger charge is 2.22. The predicted octanol–water partition coefficient (Wildman–Crippen LogP) is 4.01. The van der Waals surface area contributed by atoms with Gasteiger partial charge >= 0.3 is 0 Å². The Morgan fingerprint density at radius 2 is 2.12 bits per heavy atom. The summed E-state index contributed by atoms with van der Waals surface area (Å²) in [5.41, 5.74) is 1.83. The summed E-state index contributed by atoms with van der Waals surface area (Å²) in [4.78, 5) is 28.4. The molecular formula is C17H11BrN2O3S. The van der Waals surface area contributed by atoms with E-state index in [1.165, 1.54) is 17.5 Å². The van der Waals surface area contributed by atoms with Gasteiger partial charge in [0.05, 0.1) is 4.88 Å². The molecule has 1 aliphatic heterocycles. The average Bonchev–Trinajstić information content (AvgIpc) is 3.03. The number of para-hydroxylation sites is 1. The Kier molecular flexibility index (Phi) is 3.74. The Morgan fingerprint density at radius 3 is 3.00 bits per heavy atom. The number of H-pyrrole nitrogens is 1. The maximum absolute atomic E-state index is 12.5. The van der Waals surface area contributed by atoms with Gasteiger partial charge in [-0.1, -0.05) is 12.1 Å². The third kappa shape index (κ3) is 2.65. The van der Waals surface area contributed by atoms with Gasteiger partial charge in [-0.15, -0.1) is 11.3 Å². The van der Waals surface area contributed by atoms with E-state index in [0.717, 1.165) is 21.8 Å². The molecule has 0 saturated heterocycles. The highest BCUT2D eigenvalue weighted by atomic mass is 79.9. The zero-order valence-corrected chi connectivity index (χ0v) is 14.7. The second kappa shape index (κ2) is 5.92. The van der Waals surface area contributed by atoms with Crippen molar-refractivity contribution in [3.63, 3.8) is 0 Å². The Hall–Kier alpha value is -2.38. The number of pyridine rings is 1. The van der Waals surface area contributed by atoms with Crippen LogP contribution in [-0.4, -0.2) is 10.9 Å². The molecule has 0 saturated carbocycles. The van der Waals surface area contributed by atoms with Crippen molar-refractivity contribution in [3.8, 4) is 16.2 Å². The molecule has 1 amide bonds. The number of ether oxygens (including phenoxy) is 1. The molecule has 0 fully saturated rings. The molecular weight excluding hydrogens is 392 g/mol. The van der Waals surface area contributed by atoms with Crippen LogP contribution in [0.4, 0.5) is 5.69 Å². The lowest BCUT2D eigenvalue weighted by molar-refractivity contribution is 0.103. The minimum absolute atomic E-state index is 0.206.